The Morgan fingerprint density at radius 1 is 1.31 bits per heavy atom. The third-order valence-electron chi connectivity index (χ3n) is 1.84. The van der Waals surface area contributed by atoms with E-state index >= 15 is 0 Å². The molecule has 0 saturated carbocycles. The van der Waals surface area contributed by atoms with Gasteiger partial charge in [-0.15, -0.1) is 0 Å². The molecule has 0 heterocycles. The quantitative estimate of drug-likeness (QED) is 0.753. The minimum Gasteiger partial charge on any atom is -0.390 e. The van der Waals surface area contributed by atoms with Gasteiger partial charge in [0.1, 0.15) is 0 Å². The summed E-state index contributed by atoms with van der Waals surface area (Å²) in [6, 6.07) is 0. The summed E-state index contributed by atoms with van der Waals surface area (Å²) >= 11 is 0. The van der Waals surface area contributed by atoms with E-state index in [2.05, 4.69) is 4.74 Å². The largest absolute Gasteiger partial charge is 0.414 e. The predicted octanol–water partition coefficient (Wildman–Crippen LogP) is 2.11. The zero-order chi connectivity index (χ0) is 10.6. The van der Waals surface area contributed by atoms with Crippen molar-refractivity contribution in [3.63, 3.8) is 0 Å². The number of alkyl halides is 3. The molecule has 3 unspecified atom stereocenters. The fourth-order valence-electron chi connectivity index (χ4n) is 0.822. The second kappa shape index (κ2) is 4.81. The van der Waals surface area contributed by atoms with Gasteiger partial charge in [-0.05, 0) is 20.3 Å². The maximum atomic E-state index is 12.0. The number of hydrogen-bond donors (Lipinski definition) is 1. The topological polar surface area (TPSA) is 29.5 Å². The molecule has 0 bridgehead atoms. The van der Waals surface area contributed by atoms with Crippen molar-refractivity contribution in [2.24, 2.45) is 0 Å². The first-order valence-electron chi connectivity index (χ1n) is 4.19. The minimum atomic E-state index is -4.36. The molecule has 2 nitrogen and oxygen atoms in total. The summed E-state index contributed by atoms with van der Waals surface area (Å²) < 4.78 is 40.5. The van der Waals surface area contributed by atoms with Crippen LogP contribution in [-0.4, -0.2) is 29.6 Å². The normalized spacial score (nSPS) is 19.6. The second-order valence-electron chi connectivity index (χ2n) is 3.00. The number of aliphatic hydroxyl groups excluding tert-OH is 1. The lowest BCUT2D eigenvalue weighted by Crippen LogP contribution is -2.36. The van der Waals surface area contributed by atoms with Gasteiger partial charge in [0.25, 0.3) is 0 Å². The van der Waals surface area contributed by atoms with Crippen LogP contribution in [0.2, 0.25) is 0 Å². The van der Waals surface area contributed by atoms with E-state index in [1.807, 2.05) is 0 Å². The SMILES string of the molecule is CCC(O)C(C)OC(C)C(F)(F)F. The molecule has 80 valence electrons. The third kappa shape index (κ3) is 4.47. The summed E-state index contributed by atoms with van der Waals surface area (Å²) in [5.41, 5.74) is 0. The highest BCUT2D eigenvalue weighted by Crippen LogP contribution is 2.24. The Kier molecular flexibility index (Phi) is 4.70. The Morgan fingerprint density at radius 2 is 1.77 bits per heavy atom. The minimum absolute atomic E-state index is 0.381. The highest BCUT2D eigenvalue weighted by atomic mass is 19.4. The summed E-state index contributed by atoms with van der Waals surface area (Å²) in [7, 11) is 0. The molecule has 0 aromatic carbocycles. The Bertz CT molecular complexity index is 147. The highest BCUT2D eigenvalue weighted by Gasteiger charge is 2.38. The first-order chi connectivity index (χ1) is 5.79. The van der Waals surface area contributed by atoms with E-state index in [0.29, 0.717) is 6.42 Å². The van der Waals surface area contributed by atoms with Crippen molar-refractivity contribution in [3.05, 3.63) is 0 Å². The lowest BCUT2D eigenvalue weighted by atomic mass is 10.2. The van der Waals surface area contributed by atoms with Crippen molar-refractivity contribution in [2.75, 3.05) is 0 Å². The number of ether oxygens (including phenoxy) is 1. The van der Waals surface area contributed by atoms with E-state index in [1.165, 1.54) is 6.92 Å². The van der Waals surface area contributed by atoms with Crippen LogP contribution >= 0.6 is 0 Å². The Hall–Kier alpha value is -0.290. The van der Waals surface area contributed by atoms with Gasteiger partial charge >= 0.3 is 6.18 Å². The van der Waals surface area contributed by atoms with Gasteiger partial charge in [0, 0.05) is 0 Å². The van der Waals surface area contributed by atoms with Crippen LogP contribution in [0.15, 0.2) is 0 Å². The molecule has 0 saturated heterocycles. The molecule has 0 amide bonds. The van der Waals surface area contributed by atoms with Gasteiger partial charge < -0.3 is 9.84 Å². The molecule has 0 fully saturated rings. The zero-order valence-corrected chi connectivity index (χ0v) is 7.93. The van der Waals surface area contributed by atoms with Crippen LogP contribution in [0.25, 0.3) is 0 Å². The average molecular weight is 200 g/mol. The van der Waals surface area contributed by atoms with Crippen molar-refractivity contribution in [1.29, 1.82) is 0 Å². The number of rotatable bonds is 4. The van der Waals surface area contributed by atoms with Crippen molar-refractivity contribution in [1.82, 2.24) is 0 Å². The monoisotopic (exact) mass is 200 g/mol. The maximum Gasteiger partial charge on any atom is 0.414 e. The summed E-state index contributed by atoms with van der Waals surface area (Å²) in [6.45, 7) is 4.04. The van der Waals surface area contributed by atoms with Gasteiger partial charge in [0.15, 0.2) is 6.10 Å². The zero-order valence-electron chi connectivity index (χ0n) is 7.93. The standard InChI is InChI=1S/C8H15F3O2/c1-4-7(12)5(2)13-6(3)8(9,10)11/h5-7,12H,4H2,1-3H3. The molecule has 0 spiro atoms. The Morgan fingerprint density at radius 3 is 2.08 bits per heavy atom. The van der Waals surface area contributed by atoms with Crippen molar-refractivity contribution >= 4 is 0 Å². The maximum absolute atomic E-state index is 12.0. The Labute approximate surface area is 75.7 Å². The molecule has 0 aliphatic carbocycles. The van der Waals surface area contributed by atoms with Crippen molar-refractivity contribution in [3.8, 4) is 0 Å². The molecule has 0 aliphatic rings. The molecule has 13 heavy (non-hydrogen) atoms. The fraction of sp³-hybridized carbons (Fsp3) is 1.00. The van der Waals surface area contributed by atoms with Crippen molar-refractivity contribution in [2.45, 2.75) is 51.7 Å². The molecular formula is C8H15F3O2. The van der Waals surface area contributed by atoms with Crippen molar-refractivity contribution < 1.29 is 23.0 Å². The number of halogens is 3. The van der Waals surface area contributed by atoms with Crippen LogP contribution < -0.4 is 0 Å². The van der Waals surface area contributed by atoms with E-state index in [1.54, 1.807) is 6.92 Å². The number of aliphatic hydroxyl groups is 1. The molecule has 0 aliphatic heterocycles. The van der Waals surface area contributed by atoms with Crippen LogP contribution in [-0.2, 0) is 4.74 Å². The van der Waals surface area contributed by atoms with Crippen LogP contribution in [0.5, 0.6) is 0 Å². The van der Waals surface area contributed by atoms with E-state index in [0.717, 1.165) is 6.92 Å². The van der Waals surface area contributed by atoms with Gasteiger partial charge in [-0.1, -0.05) is 6.92 Å². The van der Waals surface area contributed by atoms with Crippen LogP contribution in [0.3, 0.4) is 0 Å². The Balaban J connectivity index is 3.98. The average Bonchev–Trinajstić information content (AvgIpc) is 2.01. The predicted molar refractivity (Wildman–Crippen MR) is 42.4 cm³/mol. The molecule has 0 aromatic heterocycles. The molecule has 1 N–H and O–H groups in total. The van der Waals surface area contributed by atoms with E-state index < -0.39 is 24.5 Å². The first kappa shape index (κ1) is 12.7. The second-order valence-corrected chi connectivity index (χ2v) is 3.00. The van der Waals surface area contributed by atoms with E-state index in [9.17, 15) is 13.2 Å². The van der Waals surface area contributed by atoms with Crippen LogP contribution in [0.1, 0.15) is 27.2 Å². The van der Waals surface area contributed by atoms with Crippen LogP contribution in [0, 0.1) is 0 Å². The van der Waals surface area contributed by atoms with Gasteiger partial charge in [0.2, 0.25) is 0 Å². The third-order valence-corrected chi connectivity index (χ3v) is 1.84. The number of hydrogen-bond acceptors (Lipinski definition) is 2. The molecule has 0 rings (SSSR count). The van der Waals surface area contributed by atoms with Gasteiger partial charge in [-0.25, -0.2) is 0 Å². The van der Waals surface area contributed by atoms with Crippen LogP contribution in [0.4, 0.5) is 13.2 Å². The molecular weight excluding hydrogens is 185 g/mol. The summed E-state index contributed by atoms with van der Waals surface area (Å²) in [4.78, 5) is 0. The van der Waals surface area contributed by atoms with E-state index in [4.69, 9.17) is 5.11 Å². The molecule has 5 heteroatoms. The molecule has 0 radical (unpaired) electrons. The lowest BCUT2D eigenvalue weighted by molar-refractivity contribution is -0.233. The van der Waals surface area contributed by atoms with Gasteiger partial charge in [-0.2, -0.15) is 13.2 Å². The highest BCUT2D eigenvalue weighted by molar-refractivity contribution is 4.67. The molecule has 0 aromatic rings. The summed E-state index contributed by atoms with van der Waals surface area (Å²) in [5.74, 6) is 0. The summed E-state index contributed by atoms with van der Waals surface area (Å²) in [6.07, 6.45) is -7.44. The molecule has 3 atom stereocenters. The first-order valence-corrected chi connectivity index (χ1v) is 4.19. The van der Waals surface area contributed by atoms with Gasteiger partial charge in [0.05, 0.1) is 12.2 Å². The van der Waals surface area contributed by atoms with E-state index in [-0.39, 0.29) is 0 Å². The fourth-order valence-corrected chi connectivity index (χ4v) is 0.822. The van der Waals surface area contributed by atoms with Gasteiger partial charge in [-0.3, -0.25) is 0 Å². The smallest absolute Gasteiger partial charge is 0.390 e. The lowest BCUT2D eigenvalue weighted by Gasteiger charge is -2.24. The summed E-state index contributed by atoms with van der Waals surface area (Å²) in [5, 5.41) is 9.15.